The van der Waals surface area contributed by atoms with Crippen molar-refractivity contribution < 1.29 is 21.8 Å². The van der Waals surface area contributed by atoms with Gasteiger partial charge in [0.25, 0.3) is 0 Å². The standard InChI is InChI=1S/C5H8FNO4S/c6-12(9,10)4-2-7-1-3-11-5(7)8/h1-4H2. The van der Waals surface area contributed by atoms with Crippen molar-refractivity contribution in [1.82, 2.24) is 4.90 Å². The molecule has 0 N–H and O–H groups in total. The quantitative estimate of drug-likeness (QED) is 0.584. The second-order valence-corrected chi connectivity index (χ2v) is 3.83. The van der Waals surface area contributed by atoms with Crippen LogP contribution in [0, 0.1) is 0 Å². The van der Waals surface area contributed by atoms with Crippen LogP contribution in [0.1, 0.15) is 0 Å². The lowest BCUT2D eigenvalue weighted by Gasteiger charge is -2.09. The van der Waals surface area contributed by atoms with Gasteiger partial charge in [0.1, 0.15) is 6.61 Å². The first-order valence-electron chi connectivity index (χ1n) is 3.33. The van der Waals surface area contributed by atoms with Crippen molar-refractivity contribution in [2.45, 2.75) is 0 Å². The van der Waals surface area contributed by atoms with Gasteiger partial charge in [-0.2, -0.15) is 8.42 Å². The Balaban J connectivity index is 2.37. The van der Waals surface area contributed by atoms with E-state index in [1.807, 2.05) is 0 Å². The first-order chi connectivity index (χ1) is 5.49. The minimum atomic E-state index is -4.48. The van der Waals surface area contributed by atoms with E-state index in [-0.39, 0.29) is 13.2 Å². The van der Waals surface area contributed by atoms with Crippen LogP contribution in [-0.4, -0.2) is 44.9 Å². The largest absolute Gasteiger partial charge is 0.448 e. The Kier molecular flexibility index (Phi) is 2.51. The predicted octanol–water partition coefficient (Wildman–Crippen LogP) is -0.262. The van der Waals surface area contributed by atoms with Gasteiger partial charge in [0.05, 0.1) is 12.3 Å². The molecule has 1 rings (SSSR count). The van der Waals surface area contributed by atoms with E-state index in [0.717, 1.165) is 4.90 Å². The molecule has 5 nitrogen and oxygen atoms in total. The molecule has 1 aliphatic heterocycles. The maximum absolute atomic E-state index is 12.0. The minimum absolute atomic E-state index is 0.141. The van der Waals surface area contributed by atoms with E-state index < -0.39 is 22.1 Å². The lowest BCUT2D eigenvalue weighted by atomic mass is 10.6. The number of rotatable bonds is 3. The molecule has 12 heavy (non-hydrogen) atoms. The number of carbonyl (C=O) groups is 1. The molecule has 1 saturated heterocycles. The number of ether oxygens (including phenoxy) is 1. The topological polar surface area (TPSA) is 63.7 Å². The Morgan fingerprint density at radius 1 is 1.58 bits per heavy atom. The molecular formula is C5H8FNO4S. The number of carbonyl (C=O) groups excluding carboxylic acids is 1. The van der Waals surface area contributed by atoms with Gasteiger partial charge in [0, 0.05) is 6.54 Å². The second kappa shape index (κ2) is 3.26. The summed E-state index contributed by atoms with van der Waals surface area (Å²) in [7, 11) is -4.48. The molecule has 0 saturated carbocycles. The summed E-state index contributed by atoms with van der Waals surface area (Å²) in [6.45, 7) is 0.428. The van der Waals surface area contributed by atoms with Crippen LogP contribution in [0.3, 0.4) is 0 Å². The molecule has 0 radical (unpaired) electrons. The molecule has 0 aliphatic carbocycles. The highest BCUT2D eigenvalue weighted by molar-refractivity contribution is 7.86. The molecule has 0 aromatic carbocycles. The minimum Gasteiger partial charge on any atom is -0.448 e. The van der Waals surface area contributed by atoms with Gasteiger partial charge in [-0.25, -0.2) is 4.79 Å². The van der Waals surface area contributed by atoms with Crippen LogP contribution in [0.4, 0.5) is 8.68 Å². The van der Waals surface area contributed by atoms with Gasteiger partial charge in [0.2, 0.25) is 0 Å². The highest BCUT2D eigenvalue weighted by Gasteiger charge is 2.23. The van der Waals surface area contributed by atoms with Crippen molar-refractivity contribution in [2.75, 3.05) is 25.4 Å². The predicted molar refractivity (Wildman–Crippen MR) is 37.8 cm³/mol. The molecule has 1 amide bonds. The molecule has 1 heterocycles. The van der Waals surface area contributed by atoms with Crippen LogP contribution in [0.15, 0.2) is 0 Å². The summed E-state index contributed by atoms with van der Waals surface area (Å²) in [5.41, 5.74) is 0. The Labute approximate surface area is 69.3 Å². The van der Waals surface area contributed by atoms with Gasteiger partial charge < -0.3 is 9.64 Å². The fraction of sp³-hybridized carbons (Fsp3) is 0.800. The van der Waals surface area contributed by atoms with Gasteiger partial charge in [-0.05, 0) is 0 Å². The average Bonchev–Trinajstić information content (AvgIpc) is 2.29. The highest BCUT2D eigenvalue weighted by atomic mass is 32.3. The molecule has 1 aliphatic rings. The summed E-state index contributed by atoms with van der Waals surface area (Å²) >= 11 is 0. The van der Waals surface area contributed by atoms with Crippen LogP contribution in [0.5, 0.6) is 0 Å². The molecule has 0 bridgehead atoms. The first-order valence-corrected chi connectivity index (χ1v) is 4.88. The lowest BCUT2D eigenvalue weighted by molar-refractivity contribution is 0.160. The zero-order valence-electron chi connectivity index (χ0n) is 6.19. The summed E-state index contributed by atoms with van der Waals surface area (Å²) < 4.78 is 36.6. The Morgan fingerprint density at radius 2 is 2.25 bits per heavy atom. The van der Waals surface area contributed by atoms with Crippen LogP contribution in [-0.2, 0) is 15.0 Å². The van der Waals surface area contributed by atoms with Crippen molar-refractivity contribution in [1.29, 1.82) is 0 Å². The van der Waals surface area contributed by atoms with Crippen molar-refractivity contribution in [3.8, 4) is 0 Å². The van der Waals surface area contributed by atoms with Crippen LogP contribution in [0.25, 0.3) is 0 Å². The van der Waals surface area contributed by atoms with Crippen molar-refractivity contribution in [2.24, 2.45) is 0 Å². The van der Waals surface area contributed by atoms with Crippen LogP contribution >= 0.6 is 0 Å². The van der Waals surface area contributed by atoms with Crippen LogP contribution < -0.4 is 0 Å². The smallest absolute Gasteiger partial charge is 0.409 e. The van der Waals surface area contributed by atoms with Gasteiger partial charge in [0.15, 0.2) is 0 Å². The van der Waals surface area contributed by atoms with E-state index >= 15 is 0 Å². The van der Waals surface area contributed by atoms with Gasteiger partial charge in [-0.1, -0.05) is 0 Å². The number of amides is 1. The summed E-state index contributed by atoms with van der Waals surface area (Å²) in [6.07, 6.45) is -0.585. The Bertz CT molecular complexity index is 275. The third-order valence-corrected chi connectivity index (χ3v) is 2.12. The first kappa shape index (κ1) is 9.24. The molecule has 0 atom stereocenters. The number of halogens is 1. The molecular weight excluding hydrogens is 189 g/mol. The molecule has 7 heteroatoms. The van der Waals surface area contributed by atoms with E-state index in [9.17, 15) is 17.1 Å². The zero-order chi connectivity index (χ0) is 9.19. The van der Waals surface area contributed by atoms with Crippen molar-refractivity contribution >= 4 is 16.3 Å². The molecule has 0 aromatic heterocycles. The summed E-state index contributed by atoms with van der Waals surface area (Å²) in [6, 6.07) is 0. The normalized spacial score (nSPS) is 18.1. The van der Waals surface area contributed by atoms with E-state index in [2.05, 4.69) is 4.74 Å². The number of hydrogen-bond donors (Lipinski definition) is 0. The summed E-state index contributed by atoms with van der Waals surface area (Å²) in [5.74, 6) is -0.665. The fourth-order valence-electron chi connectivity index (χ4n) is 0.848. The summed E-state index contributed by atoms with van der Waals surface area (Å²) in [5, 5.41) is 0. The molecule has 1 fully saturated rings. The van der Waals surface area contributed by atoms with Gasteiger partial charge in [-0.15, -0.1) is 3.89 Å². The monoisotopic (exact) mass is 197 g/mol. The van der Waals surface area contributed by atoms with Gasteiger partial charge in [-0.3, -0.25) is 0 Å². The Hall–Kier alpha value is -0.850. The third-order valence-electron chi connectivity index (χ3n) is 1.45. The maximum atomic E-state index is 12.0. The summed E-state index contributed by atoms with van der Waals surface area (Å²) in [4.78, 5) is 11.8. The van der Waals surface area contributed by atoms with E-state index in [1.54, 1.807) is 0 Å². The highest BCUT2D eigenvalue weighted by Crippen LogP contribution is 2.03. The lowest BCUT2D eigenvalue weighted by Crippen LogP contribution is -2.29. The van der Waals surface area contributed by atoms with Crippen molar-refractivity contribution in [3.05, 3.63) is 0 Å². The van der Waals surface area contributed by atoms with Crippen molar-refractivity contribution in [3.63, 3.8) is 0 Å². The average molecular weight is 197 g/mol. The SMILES string of the molecule is O=C1OCCN1CCS(=O)(=O)F. The molecule has 0 unspecified atom stereocenters. The van der Waals surface area contributed by atoms with Gasteiger partial charge >= 0.3 is 16.3 Å². The molecule has 0 aromatic rings. The Morgan fingerprint density at radius 3 is 2.67 bits per heavy atom. The number of cyclic esters (lactones) is 1. The zero-order valence-corrected chi connectivity index (χ0v) is 7.01. The maximum Gasteiger partial charge on any atom is 0.409 e. The third kappa shape index (κ3) is 2.65. The van der Waals surface area contributed by atoms with E-state index in [0.29, 0.717) is 6.54 Å². The molecule has 0 spiro atoms. The number of nitrogens with zero attached hydrogens (tertiary/aromatic N) is 1. The second-order valence-electron chi connectivity index (χ2n) is 2.34. The fourth-order valence-corrected chi connectivity index (χ4v) is 1.29. The van der Waals surface area contributed by atoms with E-state index in [4.69, 9.17) is 0 Å². The number of hydrogen-bond acceptors (Lipinski definition) is 4. The van der Waals surface area contributed by atoms with E-state index in [1.165, 1.54) is 0 Å². The molecule has 70 valence electrons. The van der Waals surface area contributed by atoms with Crippen LogP contribution in [0.2, 0.25) is 0 Å².